The van der Waals surface area contributed by atoms with Crippen LogP contribution in [0.25, 0.3) is 0 Å². The summed E-state index contributed by atoms with van der Waals surface area (Å²) in [5.41, 5.74) is -0.899. The Labute approximate surface area is 79.8 Å². The third kappa shape index (κ3) is 2.40. The third-order valence-corrected chi connectivity index (χ3v) is 2.72. The minimum Gasteiger partial charge on any atom is -0.394 e. The molecule has 0 aliphatic heterocycles. The zero-order chi connectivity index (χ0) is 10.5. The van der Waals surface area contributed by atoms with Gasteiger partial charge in [-0.15, -0.1) is 0 Å². The quantitative estimate of drug-likeness (QED) is 0.526. The molecule has 0 saturated heterocycles. The van der Waals surface area contributed by atoms with E-state index in [0.717, 1.165) is 0 Å². The molecule has 3 N–H and O–H groups in total. The summed E-state index contributed by atoms with van der Waals surface area (Å²) in [5, 5.41) is 28.0. The summed E-state index contributed by atoms with van der Waals surface area (Å²) in [4.78, 5) is 1.87. The standard InChI is InChI=1S/C9H21NO3/c1-4-10(5-2)9(6-11,7-12)8(3)13/h8,11-13H,4-7H2,1-3H3. The Hall–Kier alpha value is -0.160. The molecule has 4 heteroatoms. The van der Waals surface area contributed by atoms with Gasteiger partial charge in [0.25, 0.3) is 0 Å². The Morgan fingerprint density at radius 3 is 1.62 bits per heavy atom. The Bertz CT molecular complexity index is 131. The molecule has 1 unspecified atom stereocenters. The van der Waals surface area contributed by atoms with Gasteiger partial charge in [-0.3, -0.25) is 4.90 Å². The molecule has 0 aliphatic carbocycles. The first-order valence-corrected chi connectivity index (χ1v) is 4.73. The van der Waals surface area contributed by atoms with E-state index in [-0.39, 0.29) is 13.2 Å². The number of aliphatic hydroxyl groups excluding tert-OH is 3. The maximum absolute atomic E-state index is 9.53. The highest BCUT2D eigenvalue weighted by Crippen LogP contribution is 2.18. The monoisotopic (exact) mass is 191 g/mol. The summed E-state index contributed by atoms with van der Waals surface area (Å²) >= 11 is 0. The zero-order valence-electron chi connectivity index (χ0n) is 8.69. The molecule has 0 saturated carbocycles. The summed E-state index contributed by atoms with van der Waals surface area (Å²) in [5.74, 6) is 0. The molecule has 0 aliphatic rings. The fourth-order valence-electron chi connectivity index (χ4n) is 1.63. The molecule has 13 heavy (non-hydrogen) atoms. The highest BCUT2D eigenvalue weighted by atomic mass is 16.3. The van der Waals surface area contributed by atoms with Crippen molar-refractivity contribution in [3.8, 4) is 0 Å². The summed E-state index contributed by atoms with van der Waals surface area (Å²) < 4.78 is 0. The normalized spacial score (nSPS) is 15.0. The largest absolute Gasteiger partial charge is 0.394 e. The summed E-state index contributed by atoms with van der Waals surface area (Å²) in [6.07, 6.45) is -0.748. The van der Waals surface area contributed by atoms with Gasteiger partial charge in [0.2, 0.25) is 0 Å². The molecule has 0 rings (SSSR count). The molecule has 80 valence electrons. The van der Waals surface area contributed by atoms with Gasteiger partial charge in [0, 0.05) is 0 Å². The topological polar surface area (TPSA) is 63.9 Å². The van der Waals surface area contributed by atoms with Gasteiger partial charge in [0.05, 0.1) is 24.9 Å². The maximum Gasteiger partial charge on any atom is 0.0932 e. The predicted octanol–water partition coefficient (Wildman–Crippen LogP) is -0.568. The fraction of sp³-hybridized carbons (Fsp3) is 1.00. The summed E-state index contributed by atoms with van der Waals surface area (Å²) in [7, 11) is 0. The van der Waals surface area contributed by atoms with E-state index in [9.17, 15) is 15.3 Å². The molecule has 0 aromatic heterocycles. The Kier molecular flexibility index (Phi) is 5.48. The Morgan fingerprint density at radius 1 is 1.15 bits per heavy atom. The molecule has 0 spiro atoms. The van der Waals surface area contributed by atoms with Crippen LogP contribution in [-0.2, 0) is 0 Å². The smallest absolute Gasteiger partial charge is 0.0932 e. The molecule has 0 amide bonds. The third-order valence-electron chi connectivity index (χ3n) is 2.72. The van der Waals surface area contributed by atoms with Crippen LogP contribution >= 0.6 is 0 Å². The second-order valence-electron chi connectivity index (χ2n) is 3.27. The Morgan fingerprint density at radius 2 is 1.54 bits per heavy atom. The lowest BCUT2D eigenvalue weighted by atomic mass is 9.93. The van der Waals surface area contributed by atoms with Crippen LogP contribution in [0.4, 0.5) is 0 Å². The highest BCUT2D eigenvalue weighted by Gasteiger charge is 2.38. The fourth-order valence-corrected chi connectivity index (χ4v) is 1.63. The zero-order valence-corrected chi connectivity index (χ0v) is 8.69. The van der Waals surface area contributed by atoms with E-state index in [1.54, 1.807) is 6.92 Å². The lowest BCUT2D eigenvalue weighted by molar-refractivity contribution is -0.0816. The van der Waals surface area contributed by atoms with E-state index in [2.05, 4.69) is 0 Å². The molecule has 0 aromatic carbocycles. The highest BCUT2D eigenvalue weighted by molar-refractivity contribution is 4.93. The number of hydrogen-bond donors (Lipinski definition) is 3. The van der Waals surface area contributed by atoms with Crippen LogP contribution in [-0.4, -0.2) is 58.2 Å². The SMILES string of the molecule is CCN(CC)C(CO)(CO)C(C)O. The van der Waals surface area contributed by atoms with Gasteiger partial charge in [-0.05, 0) is 20.0 Å². The van der Waals surface area contributed by atoms with E-state index in [1.165, 1.54) is 0 Å². The number of hydrogen-bond acceptors (Lipinski definition) is 4. The van der Waals surface area contributed by atoms with Crippen molar-refractivity contribution in [3.63, 3.8) is 0 Å². The first kappa shape index (κ1) is 12.8. The van der Waals surface area contributed by atoms with E-state index in [4.69, 9.17) is 0 Å². The van der Waals surface area contributed by atoms with Gasteiger partial charge in [-0.25, -0.2) is 0 Å². The number of aliphatic hydroxyl groups is 3. The van der Waals surface area contributed by atoms with Crippen molar-refractivity contribution in [2.45, 2.75) is 32.4 Å². The van der Waals surface area contributed by atoms with Crippen molar-refractivity contribution < 1.29 is 15.3 Å². The summed E-state index contributed by atoms with van der Waals surface area (Å²) in [6, 6.07) is 0. The number of rotatable bonds is 6. The molecule has 1 atom stereocenters. The minimum atomic E-state index is -0.899. The second-order valence-corrected chi connectivity index (χ2v) is 3.27. The first-order chi connectivity index (χ1) is 6.08. The predicted molar refractivity (Wildman–Crippen MR) is 51.5 cm³/mol. The average molecular weight is 191 g/mol. The molecule has 0 bridgehead atoms. The second kappa shape index (κ2) is 5.54. The van der Waals surface area contributed by atoms with Crippen LogP contribution in [0.5, 0.6) is 0 Å². The number of nitrogens with zero attached hydrogens (tertiary/aromatic N) is 1. The van der Waals surface area contributed by atoms with Crippen molar-refractivity contribution in [1.82, 2.24) is 4.90 Å². The summed E-state index contributed by atoms with van der Waals surface area (Å²) in [6.45, 7) is 6.39. The van der Waals surface area contributed by atoms with Gasteiger partial charge in [-0.2, -0.15) is 0 Å². The van der Waals surface area contributed by atoms with Crippen molar-refractivity contribution in [3.05, 3.63) is 0 Å². The van der Waals surface area contributed by atoms with Gasteiger partial charge in [0.1, 0.15) is 0 Å². The van der Waals surface area contributed by atoms with Crippen molar-refractivity contribution in [2.75, 3.05) is 26.3 Å². The number of likely N-dealkylation sites (N-methyl/N-ethyl adjacent to an activating group) is 1. The molecule has 0 heterocycles. The van der Waals surface area contributed by atoms with Gasteiger partial charge in [-0.1, -0.05) is 13.8 Å². The lowest BCUT2D eigenvalue weighted by Crippen LogP contribution is -2.61. The van der Waals surface area contributed by atoms with Crippen molar-refractivity contribution >= 4 is 0 Å². The van der Waals surface area contributed by atoms with Crippen LogP contribution < -0.4 is 0 Å². The molecule has 0 fully saturated rings. The van der Waals surface area contributed by atoms with Gasteiger partial charge in [0.15, 0.2) is 0 Å². The Balaban J connectivity index is 4.71. The maximum atomic E-state index is 9.53. The first-order valence-electron chi connectivity index (χ1n) is 4.73. The van der Waals surface area contributed by atoms with E-state index in [1.807, 2.05) is 18.7 Å². The van der Waals surface area contributed by atoms with E-state index >= 15 is 0 Å². The lowest BCUT2D eigenvalue weighted by Gasteiger charge is -2.42. The van der Waals surface area contributed by atoms with Crippen LogP contribution in [0.2, 0.25) is 0 Å². The minimum absolute atomic E-state index is 0.233. The van der Waals surface area contributed by atoms with Crippen molar-refractivity contribution in [2.24, 2.45) is 0 Å². The van der Waals surface area contributed by atoms with Crippen LogP contribution in [0.15, 0.2) is 0 Å². The molecular weight excluding hydrogens is 170 g/mol. The molecular formula is C9H21NO3. The molecule has 4 nitrogen and oxygen atoms in total. The van der Waals surface area contributed by atoms with E-state index in [0.29, 0.717) is 13.1 Å². The van der Waals surface area contributed by atoms with E-state index < -0.39 is 11.6 Å². The van der Waals surface area contributed by atoms with Gasteiger partial charge < -0.3 is 15.3 Å². The molecule has 0 radical (unpaired) electrons. The van der Waals surface area contributed by atoms with Crippen LogP contribution in [0.3, 0.4) is 0 Å². The van der Waals surface area contributed by atoms with Crippen LogP contribution in [0.1, 0.15) is 20.8 Å². The van der Waals surface area contributed by atoms with Gasteiger partial charge >= 0.3 is 0 Å². The average Bonchev–Trinajstić information content (AvgIpc) is 2.13. The van der Waals surface area contributed by atoms with Crippen LogP contribution in [0, 0.1) is 0 Å². The molecule has 0 aromatic rings. The van der Waals surface area contributed by atoms with Crippen molar-refractivity contribution in [1.29, 1.82) is 0 Å².